The molecule has 1 N–H and O–H groups in total. The molecule has 1 aromatic rings. The number of carbonyl (C=O) groups is 1. The van der Waals surface area contributed by atoms with Crippen LogP contribution < -0.4 is 10.1 Å². The highest BCUT2D eigenvalue weighted by molar-refractivity contribution is 5.70. The number of benzene rings is 1. The molecule has 3 heteroatoms. The van der Waals surface area contributed by atoms with E-state index in [1.807, 2.05) is 19.1 Å². The molecule has 1 aromatic carbocycles. The Kier molecular flexibility index (Phi) is 4.16. The lowest BCUT2D eigenvalue weighted by Gasteiger charge is -2.07. The smallest absolute Gasteiger partial charge is 0.410 e. The SMILES string of the molecule is CCCc1cc(C)cc(OC(=O)NC)c1. The number of rotatable bonds is 3. The lowest BCUT2D eigenvalue weighted by Crippen LogP contribution is -2.22. The average Bonchev–Trinajstić information content (AvgIpc) is 2.17. The maximum Gasteiger partial charge on any atom is 0.412 e. The summed E-state index contributed by atoms with van der Waals surface area (Å²) in [7, 11) is 1.55. The van der Waals surface area contributed by atoms with Gasteiger partial charge >= 0.3 is 6.09 Å². The maximum atomic E-state index is 11.0. The Morgan fingerprint density at radius 3 is 2.73 bits per heavy atom. The fourth-order valence-electron chi connectivity index (χ4n) is 1.47. The van der Waals surface area contributed by atoms with Gasteiger partial charge in [-0.15, -0.1) is 0 Å². The Hall–Kier alpha value is -1.51. The van der Waals surface area contributed by atoms with E-state index in [0.717, 1.165) is 18.4 Å². The normalized spacial score (nSPS) is 9.80. The first-order valence-corrected chi connectivity index (χ1v) is 5.16. The zero-order valence-corrected chi connectivity index (χ0v) is 9.46. The molecular weight excluding hydrogens is 190 g/mol. The van der Waals surface area contributed by atoms with E-state index in [2.05, 4.69) is 18.3 Å². The molecule has 0 saturated carbocycles. The van der Waals surface area contributed by atoms with Crippen LogP contribution in [0, 0.1) is 6.92 Å². The summed E-state index contributed by atoms with van der Waals surface area (Å²) in [6.45, 7) is 4.12. The quantitative estimate of drug-likeness (QED) is 0.827. The highest BCUT2D eigenvalue weighted by atomic mass is 16.5. The van der Waals surface area contributed by atoms with Crippen LogP contribution in [-0.2, 0) is 6.42 Å². The second-order valence-corrected chi connectivity index (χ2v) is 3.54. The Morgan fingerprint density at radius 2 is 2.13 bits per heavy atom. The second-order valence-electron chi connectivity index (χ2n) is 3.54. The van der Waals surface area contributed by atoms with Crippen molar-refractivity contribution in [1.82, 2.24) is 5.32 Å². The molecule has 0 fully saturated rings. The third-order valence-electron chi connectivity index (χ3n) is 2.06. The number of ether oxygens (including phenoxy) is 1. The van der Waals surface area contributed by atoms with Gasteiger partial charge in [0.1, 0.15) is 5.75 Å². The van der Waals surface area contributed by atoms with Crippen molar-refractivity contribution in [3.05, 3.63) is 29.3 Å². The molecular formula is C12H17NO2. The topological polar surface area (TPSA) is 38.3 Å². The van der Waals surface area contributed by atoms with Crippen molar-refractivity contribution in [2.24, 2.45) is 0 Å². The number of hydrogen-bond acceptors (Lipinski definition) is 2. The molecule has 0 heterocycles. The number of carbonyl (C=O) groups excluding carboxylic acids is 1. The summed E-state index contributed by atoms with van der Waals surface area (Å²) >= 11 is 0. The van der Waals surface area contributed by atoms with E-state index in [0.29, 0.717) is 5.75 Å². The molecule has 15 heavy (non-hydrogen) atoms. The standard InChI is InChI=1S/C12H17NO2/c1-4-5-10-6-9(2)7-11(8-10)15-12(14)13-3/h6-8H,4-5H2,1-3H3,(H,13,14). The van der Waals surface area contributed by atoms with Crippen LogP contribution in [0.1, 0.15) is 24.5 Å². The van der Waals surface area contributed by atoms with Crippen LogP contribution in [0.2, 0.25) is 0 Å². The van der Waals surface area contributed by atoms with E-state index < -0.39 is 6.09 Å². The molecule has 1 rings (SSSR count). The van der Waals surface area contributed by atoms with Crippen molar-refractivity contribution in [3.8, 4) is 5.75 Å². The lowest BCUT2D eigenvalue weighted by molar-refractivity contribution is 0.203. The molecule has 0 aromatic heterocycles. The number of amides is 1. The summed E-state index contributed by atoms with van der Waals surface area (Å²) in [6, 6.07) is 5.88. The number of hydrogen-bond donors (Lipinski definition) is 1. The Balaban J connectivity index is 2.83. The maximum absolute atomic E-state index is 11.0. The fraction of sp³-hybridized carbons (Fsp3) is 0.417. The van der Waals surface area contributed by atoms with E-state index in [4.69, 9.17) is 4.74 Å². The molecule has 82 valence electrons. The van der Waals surface area contributed by atoms with Crippen molar-refractivity contribution in [1.29, 1.82) is 0 Å². The van der Waals surface area contributed by atoms with Crippen LogP contribution in [0.25, 0.3) is 0 Å². The average molecular weight is 207 g/mol. The Morgan fingerprint density at radius 1 is 1.40 bits per heavy atom. The van der Waals surface area contributed by atoms with E-state index in [1.165, 1.54) is 5.56 Å². The first-order chi connectivity index (χ1) is 7.15. The third kappa shape index (κ3) is 3.62. The molecule has 0 atom stereocenters. The first-order valence-electron chi connectivity index (χ1n) is 5.16. The summed E-state index contributed by atoms with van der Waals surface area (Å²) < 4.78 is 5.08. The largest absolute Gasteiger partial charge is 0.412 e. The van der Waals surface area contributed by atoms with Crippen molar-refractivity contribution in [2.45, 2.75) is 26.7 Å². The van der Waals surface area contributed by atoms with Crippen molar-refractivity contribution >= 4 is 6.09 Å². The lowest BCUT2D eigenvalue weighted by atomic mass is 10.1. The molecule has 0 unspecified atom stereocenters. The summed E-state index contributed by atoms with van der Waals surface area (Å²) in [5.74, 6) is 0.609. The van der Waals surface area contributed by atoms with Crippen molar-refractivity contribution in [2.75, 3.05) is 7.05 Å². The molecule has 0 radical (unpaired) electrons. The van der Waals surface area contributed by atoms with Crippen LogP contribution in [0.5, 0.6) is 5.75 Å². The second kappa shape index (κ2) is 5.39. The zero-order chi connectivity index (χ0) is 11.3. The molecule has 0 spiro atoms. The van der Waals surface area contributed by atoms with E-state index in [9.17, 15) is 4.79 Å². The Labute approximate surface area is 90.4 Å². The molecule has 0 aliphatic rings. The van der Waals surface area contributed by atoms with Crippen molar-refractivity contribution < 1.29 is 9.53 Å². The summed E-state index contributed by atoms with van der Waals surface area (Å²) in [5.41, 5.74) is 2.32. The summed E-state index contributed by atoms with van der Waals surface area (Å²) in [6.07, 6.45) is 1.66. The van der Waals surface area contributed by atoms with Crippen LogP contribution >= 0.6 is 0 Å². The molecule has 3 nitrogen and oxygen atoms in total. The van der Waals surface area contributed by atoms with Gasteiger partial charge in [-0.1, -0.05) is 19.4 Å². The molecule has 0 saturated heterocycles. The highest BCUT2D eigenvalue weighted by Gasteiger charge is 2.03. The van der Waals surface area contributed by atoms with Crippen LogP contribution in [0.4, 0.5) is 4.79 Å². The minimum atomic E-state index is -0.428. The summed E-state index contributed by atoms with van der Waals surface area (Å²) in [4.78, 5) is 11.0. The van der Waals surface area contributed by atoms with E-state index >= 15 is 0 Å². The molecule has 0 bridgehead atoms. The van der Waals surface area contributed by atoms with Crippen LogP contribution in [0.15, 0.2) is 18.2 Å². The molecule has 0 aliphatic carbocycles. The summed E-state index contributed by atoms with van der Waals surface area (Å²) in [5, 5.41) is 2.42. The predicted octanol–water partition coefficient (Wildman–Crippen LogP) is 2.67. The van der Waals surface area contributed by atoms with Gasteiger partial charge in [-0.3, -0.25) is 0 Å². The Bertz CT molecular complexity index is 347. The van der Waals surface area contributed by atoms with Gasteiger partial charge in [-0.05, 0) is 36.6 Å². The van der Waals surface area contributed by atoms with Gasteiger partial charge < -0.3 is 10.1 Å². The van der Waals surface area contributed by atoms with Gasteiger partial charge in [0.2, 0.25) is 0 Å². The minimum Gasteiger partial charge on any atom is -0.410 e. The van der Waals surface area contributed by atoms with E-state index in [1.54, 1.807) is 7.05 Å². The minimum absolute atomic E-state index is 0.428. The zero-order valence-electron chi connectivity index (χ0n) is 9.46. The van der Waals surface area contributed by atoms with E-state index in [-0.39, 0.29) is 0 Å². The van der Waals surface area contributed by atoms with Crippen LogP contribution in [0.3, 0.4) is 0 Å². The fourth-order valence-corrected chi connectivity index (χ4v) is 1.47. The van der Waals surface area contributed by atoms with Gasteiger partial charge in [0.15, 0.2) is 0 Å². The molecule has 1 amide bonds. The van der Waals surface area contributed by atoms with Crippen molar-refractivity contribution in [3.63, 3.8) is 0 Å². The van der Waals surface area contributed by atoms with Gasteiger partial charge in [-0.25, -0.2) is 4.79 Å². The van der Waals surface area contributed by atoms with Gasteiger partial charge in [-0.2, -0.15) is 0 Å². The van der Waals surface area contributed by atoms with Gasteiger partial charge in [0, 0.05) is 7.05 Å². The predicted molar refractivity (Wildman–Crippen MR) is 60.3 cm³/mol. The third-order valence-corrected chi connectivity index (χ3v) is 2.06. The number of aryl methyl sites for hydroxylation is 2. The highest BCUT2D eigenvalue weighted by Crippen LogP contribution is 2.18. The molecule has 0 aliphatic heterocycles. The number of nitrogens with one attached hydrogen (secondary N) is 1. The van der Waals surface area contributed by atoms with Crippen LogP contribution in [-0.4, -0.2) is 13.1 Å². The van der Waals surface area contributed by atoms with Gasteiger partial charge in [0.05, 0.1) is 0 Å². The monoisotopic (exact) mass is 207 g/mol. The van der Waals surface area contributed by atoms with Gasteiger partial charge in [0.25, 0.3) is 0 Å². The first kappa shape index (κ1) is 11.6.